The molecule has 0 saturated heterocycles. The second kappa shape index (κ2) is 8.53. The molecule has 0 aromatic heterocycles. The van der Waals surface area contributed by atoms with E-state index in [1.54, 1.807) is 12.1 Å². The Morgan fingerprint density at radius 3 is 1.80 bits per heavy atom. The van der Waals surface area contributed by atoms with Crippen molar-refractivity contribution in [3.8, 4) is 33.4 Å². The van der Waals surface area contributed by atoms with Crippen molar-refractivity contribution < 1.29 is 9.90 Å². The van der Waals surface area contributed by atoms with E-state index in [-0.39, 0.29) is 10.8 Å². The fourth-order valence-corrected chi connectivity index (χ4v) is 5.39. The summed E-state index contributed by atoms with van der Waals surface area (Å²) in [6.07, 6.45) is 2.39. The van der Waals surface area contributed by atoms with Crippen LogP contribution >= 0.6 is 0 Å². The van der Waals surface area contributed by atoms with Crippen molar-refractivity contribution in [3.05, 3.63) is 108 Å². The number of carboxylic acids is 1. The average molecular weight is 461 g/mol. The van der Waals surface area contributed by atoms with Gasteiger partial charge in [0.1, 0.15) is 0 Å². The lowest BCUT2D eigenvalue weighted by Crippen LogP contribution is -2.33. The van der Waals surface area contributed by atoms with Crippen LogP contribution in [0.25, 0.3) is 33.4 Å². The molecule has 2 nitrogen and oxygen atoms in total. The van der Waals surface area contributed by atoms with Gasteiger partial charge >= 0.3 is 5.97 Å². The number of carboxylic acid groups (broad SMARTS) is 1. The van der Waals surface area contributed by atoms with Crippen molar-refractivity contribution in [2.24, 2.45) is 0 Å². The van der Waals surface area contributed by atoms with Gasteiger partial charge in [-0.3, -0.25) is 0 Å². The molecule has 35 heavy (non-hydrogen) atoms. The van der Waals surface area contributed by atoms with Gasteiger partial charge in [-0.15, -0.1) is 0 Å². The van der Waals surface area contributed by atoms with E-state index in [0.717, 1.165) is 22.3 Å². The van der Waals surface area contributed by atoms with Crippen LogP contribution in [0, 0.1) is 0 Å². The Bertz CT molecular complexity index is 1390. The lowest BCUT2D eigenvalue weighted by Gasteiger charge is -2.42. The van der Waals surface area contributed by atoms with Crippen LogP contribution in [0.5, 0.6) is 0 Å². The molecule has 0 fully saturated rings. The Labute approximate surface area is 208 Å². The predicted molar refractivity (Wildman–Crippen MR) is 145 cm³/mol. The molecular weight excluding hydrogens is 428 g/mol. The molecule has 2 heteroatoms. The molecule has 4 aromatic rings. The van der Waals surface area contributed by atoms with Crippen LogP contribution in [-0.2, 0) is 10.8 Å². The van der Waals surface area contributed by atoms with Crippen molar-refractivity contribution in [3.63, 3.8) is 0 Å². The molecule has 0 saturated carbocycles. The predicted octanol–water partition coefficient (Wildman–Crippen LogP) is 8.73. The standard InChI is InChI=1S/C33H32O2/c1-32(2)18-19-33(3,4)30-21-26(15-17-29(30)32)25-14-16-27(22-8-6-5-7-9-22)28(20-25)23-10-12-24(13-11-23)31(34)35/h5-17,20-21H,18-19H2,1-4H3,(H,34,35). The summed E-state index contributed by atoms with van der Waals surface area (Å²) in [5, 5.41) is 9.35. The Hall–Kier alpha value is -3.65. The molecule has 0 radical (unpaired) electrons. The van der Waals surface area contributed by atoms with E-state index in [4.69, 9.17) is 0 Å². The van der Waals surface area contributed by atoms with Crippen molar-refractivity contribution in [1.29, 1.82) is 0 Å². The smallest absolute Gasteiger partial charge is 0.335 e. The van der Waals surface area contributed by atoms with E-state index in [1.165, 1.54) is 35.1 Å². The van der Waals surface area contributed by atoms with Gasteiger partial charge in [0, 0.05) is 0 Å². The second-order valence-electron chi connectivity index (χ2n) is 11.0. The number of hydrogen-bond acceptors (Lipinski definition) is 1. The van der Waals surface area contributed by atoms with Gasteiger partial charge in [0.05, 0.1) is 5.56 Å². The number of benzene rings is 4. The van der Waals surface area contributed by atoms with Crippen LogP contribution in [0.15, 0.2) is 91.0 Å². The third kappa shape index (κ3) is 4.30. The zero-order valence-electron chi connectivity index (χ0n) is 20.9. The first-order valence-electron chi connectivity index (χ1n) is 12.3. The van der Waals surface area contributed by atoms with Crippen LogP contribution in [0.1, 0.15) is 62.0 Å². The maximum atomic E-state index is 11.4. The highest BCUT2D eigenvalue weighted by atomic mass is 16.4. The molecule has 0 aliphatic heterocycles. The monoisotopic (exact) mass is 460 g/mol. The third-order valence-corrected chi connectivity index (χ3v) is 7.73. The van der Waals surface area contributed by atoms with Crippen molar-refractivity contribution >= 4 is 5.97 Å². The van der Waals surface area contributed by atoms with E-state index in [1.807, 2.05) is 30.3 Å². The highest BCUT2D eigenvalue weighted by molar-refractivity contribution is 5.91. The average Bonchev–Trinajstić information content (AvgIpc) is 2.87. The molecular formula is C33H32O2. The highest BCUT2D eigenvalue weighted by Gasteiger charge is 2.37. The van der Waals surface area contributed by atoms with Gasteiger partial charge in [-0.25, -0.2) is 4.79 Å². The summed E-state index contributed by atoms with van der Waals surface area (Å²) in [6.45, 7) is 9.43. The van der Waals surface area contributed by atoms with Crippen molar-refractivity contribution in [1.82, 2.24) is 0 Å². The van der Waals surface area contributed by atoms with Gasteiger partial charge in [0.25, 0.3) is 0 Å². The summed E-state index contributed by atoms with van der Waals surface area (Å²) >= 11 is 0. The molecule has 1 aliphatic carbocycles. The van der Waals surface area contributed by atoms with Gasteiger partial charge in [-0.2, -0.15) is 0 Å². The fraction of sp³-hybridized carbons (Fsp3) is 0.242. The normalized spacial score (nSPS) is 15.9. The minimum absolute atomic E-state index is 0.153. The third-order valence-electron chi connectivity index (χ3n) is 7.73. The van der Waals surface area contributed by atoms with Crippen LogP contribution in [-0.4, -0.2) is 11.1 Å². The molecule has 0 unspecified atom stereocenters. The van der Waals surface area contributed by atoms with Gasteiger partial charge in [-0.1, -0.05) is 100 Å². The zero-order chi connectivity index (χ0) is 24.8. The second-order valence-corrected chi connectivity index (χ2v) is 11.0. The first-order chi connectivity index (χ1) is 16.7. The van der Waals surface area contributed by atoms with Crippen LogP contribution in [0.3, 0.4) is 0 Å². The number of aromatic carboxylic acids is 1. The minimum atomic E-state index is -0.909. The Kier molecular flexibility index (Phi) is 5.63. The lowest BCUT2D eigenvalue weighted by molar-refractivity contribution is 0.0697. The molecule has 0 bridgehead atoms. The van der Waals surface area contributed by atoms with Gasteiger partial charge < -0.3 is 5.11 Å². The van der Waals surface area contributed by atoms with E-state index < -0.39 is 5.97 Å². The Morgan fingerprint density at radius 1 is 0.600 bits per heavy atom. The molecule has 0 heterocycles. The maximum Gasteiger partial charge on any atom is 0.335 e. The molecule has 1 aliphatic rings. The van der Waals surface area contributed by atoms with Crippen LogP contribution in [0.4, 0.5) is 0 Å². The minimum Gasteiger partial charge on any atom is -0.478 e. The first kappa shape index (κ1) is 23.1. The molecule has 1 N–H and O–H groups in total. The highest BCUT2D eigenvalue weighted by Crippen LogP contribution is 2.47. The lowest BCUT2D eigenvalue weighted by atomic mass is 9.63. The quantitative estimate of drug-likeness (QED) is 0.330. The summed E-state index contributed by atoms with van der Waals surface area (Å²) < 4.78 is 0. The summed E-state index contributed by atoms with van der Waals surface area (Å²) in [6, 6.07) is 31.2. The van der Waals surface area contributed by atoms with E-state index in [0.29, 0.717) is 5.56 Å². The first-order valence-corrected chi connectivity index (χ1v) is 12.3. The topological polar surface area (TPSA) is 37.3 Å². The number of fused-ring (bicyclic) bond motifs is 1. The van der Waals surface area contributed by atoms with Crippen molar-refractivity contribution in [2.45, 2.75) is 51.4 Å². The van der Waals surface area contributed by atoms with Crippen LogP contribution in [0.2, 0.25) is 0 Å². The van der Waals surface area contributed by atoms with Crippen molar-refractivity contribution in [2.75, 3.05) is 0 Å². The largest absolute Gasteiger partial charge is 0.478 e. The number of rotatable bonds is 4. The Morgan fingerprint density at radius 2 is 1.14 bits per heavy atom. The molecule has 176 valence electrons. The SMILES string of the molecule is CC1(C)CCC(C)(C)c2cc(-c3ccc(-c4ccccc4)c(-c4ccc(C(=O)O)cc4)c3)ccc21. The summed E-state index contributed by atoms with van der Waals surface area (Å²) in [7, 11) is 0. The summed E-state index contributed by atoms with van der Waals surface area (Å²) in [5.74, 6) is -0.909. The maximum absolute atomic E-state index is 11.4. The number of carbonyl (C=O) groups is 1. The molecule has 5 rings (SSSR count). The van der Waals surface area contributed by atoms with E-state index in [9.17, 15) is 9.90 Å². The molecule has 4 aromatic carbocycles. The van der Waals surface area contributed by atoms with E-state index >= 15 is 0 Å². The number of hydrogen-bond donors (Lipinski definition) is 1. The molecule has 0 spiro atoms. The molecule has 0 atom stereocenters. The van der Waals surface area contributed by atoms with Crippen LogP contribution < -0.4 is 0 Å². The summed E-state index contributed by atoms with van der Waals surface area (Å²) in [4.78, 5) is 11.4. The fourth-order valence-electron chi connectivity index (χ4n) is 5.39. The summed E-state index contributed by atoms with van der Waals surface area (Å²) in [5.41, 5.74) is 10.3. The van der Waals surface area contributed by atoms with Gasteiger partial charge in [-0.05, 0) is 86.4 Å². The zero-order valence-corrected chi connectivity index (χ0v) is 20.9. The Balaban J connectivity index is 1.66. The molecule has 0 amide bonds. The van der Waals surface area contributed by atoms with Gasteiger partial charge in [0.2, 0.25) is 0 Å². The van der Waals surface area contributed by atoms with Gasteiger partial charge in [0.15, 0.2) is 0 Å². The van der Waals surface area contributed by atoms with E-state index in [2.05, 4.69) is 76.2 Å².